The van der Waals surface area contributed by atoms with E-state index in [-0.39, 0.29) is 23.0 Å². The third-order valence-electron chi connectivity index (χ3n) is 4.94. The third kappa shape index (κ3) is 2.51. The highest BCUT2D eigenvalue weighted by atomic mass is 19.3. The van der Waals surface area contributed by atoms with Crippen LogP contribution in [0.25, 0.3) is 27.5 Å². The predicted molar refractivity (Wildman–Crippen MR) is 102 cm³/mol. The lowest BCUT2D eigenvalue weighted by molar-refractivity contribution is -0.286. The van der Waals surface area contributed by atoms with Gasteiger partial charge in [0.2, 0.25) is 5.95 Å². The second-order valence-corrected chi connectivity index (χ2v) is 6.91. The van der Waals surface area contributed by atoms with Gasteiger partial charge < -0.3 is 19.8 Å². The summed E-state index contributed by atoms with van der Waals surface area (Å²) in [6, 6.07) is 6.86. The number of rotatable bonds is 3. The number of fused-ring (bicyclic) bond motifs is 6. The van der Waals surface area contributed by atoms with E-state index >= 15 is 0 Å². The van der Waals surface area contributed by atoms with Gasteiger partial charge in [-0.25, -0.2) is 9.97 Å². The predicted octanol–water partition coefficient (Wildman–Crippen LogP) is 2.77. The van der Waals surface area contributed by atoms with E-state index in [4.69, 9.17) is 5.73 Å². The van der Waals surface area contributed by atoms with Gasteiger partial charge in [0.05, 0.1) is 5.52 Å². The van der Waals surface area contributed by atoms with Gasteiger partial charge in [-0.1, -0.05) is 0 Å². The van der Waals surface area contributed by atoms with Crippen molar-refractivity contribution in [2.75, 3.05) is 5.73 Å². The van der Waals surface area contributed by atoms with Crippen LogP contribution in [0.5, 0.6) is 11.5 Å². The molecule has 5 aromatic rings. The summed E-state index contributed by atoms with van der Waals surface area (Å²) in [6.07, 6.45) is 2.50. The van der Waals surface area contributed by atoms with Crippen LogP contribution >= 0.6 is 0 Å². The Morgan fingerprint density at radius 3 is 2.87 bits per heavy atom. The first kappa shape index (κ1) is 16.9. The van der Waals surface area contributed by atoms with Crippen LogP contribution in [0.15, 0.2) is 42.9 Å². The van der Waals surface area contributed by atoms with Gasteiger partial charge in [-0.15, -0.1) is 13.9 Å². The summed E-state index contributed by atoms with van der Waals surface area (Å²) in [5.74, 6) is 0.295. The first-order chi connectivity index (χ1) is 14.5. The number of hydrogen-bond acceptors (Lipinski definition) is 7. The molecule has 0 spiro atoms. The number of alkyl halides is 2. The lowest BCUT2D eigenvalue weighted by Crippen LogP contribution is -2.26. The third-order valence-corrected chi connectivity index (χ3v) is 4.94. The Morgan fingerprint density at radius 1 is 1.10 bits per heavy atom. The van der Waals surface area contributed by atoms with Crippen LogP contribution < -0.4 is 15.2 Å². The second-order valence-electron chi connectivity index (χ2n) is 6.91. The van der Waals surface area contributed by atoms with E-state index in [1.165, 1.54) is 10.6 Å². The lowest BCUT2D eigenvalue weighted by Gasteiger charge is -2.05. The number of hydrogen-bond donors (Lipinski definition) is 1. The molecule has 0 aliphatic carbocycles. The quantitative estimate of drug-likeness (QED) is 0.488. The van der Waals surface area contributed by atoms with Crippen LogP contribution in [0.4, 0.5) is 14.7 Å². The number of halogens is 2. The molecule has 0 saturated heterocycles. The average Bonchev–Trinajstić information content (AvgIpc) is 3.39. The van der Waals surface area contributed by atoms with Gasteiger partial charge in [-0.3, -0.25) is 4.98 Å². The van der Waals surface area contributed by atoms with Crippen LogP contribution in [-0.2, 0) is 13.0 Å². The van der Waals surface area contributed by atoms with E-state index < -0.39 is 6.29 Å². The van der Waals surface area contributed by atoms with Gasteiger partial charge in [0.15, 0.2) is 23.0 Å². The van der Waals surface area contributed by atoms with Crippen molar-refractivity contribution in [3.8, 4) is 11.5 Å². The summed E-state index contributed by atoms with van der Waals surface area (Å²) >= 11 is 0. The summed E-state index contributed by atoms with van der Waals surface area (Å²) in [4.78, 5) is 13.1. The minimum absolute atomic E-state index is 0.0133. The maximum Gasteiger partial charge on any atom is 0.586 e. The smallest absolute Gasteiger partial charge is 0.395 e. The van der Waals surface area contributed by atoms with E-state index in [1.807, 2.05) is 29.1 Å². The summed E-state index contributed by atoms with van der Waals surface area (Å²) < 4.78 is 39.5. The number of nitrogens with two attached hydrogens (primary N) is 1. The number of benzene rings is 1. The molecule has 0 fully saturated rings. The highest BCUT2D eigenvalue weighted by Gasteiger charge is 2.44. The number of nitrogens with zero attached hydrogens (tertiary/aromatic N) is 6. The topological polar surface area (TPSA) is 105 Å². The fraction of sp³-hybridized carbons (Fsp3) is 0.158. The Hall–Kier alpha value is -4.02. The number of anilines is 1. The summed E-state index contributed by atoms with van der Waals surface area (Å²) in [7, 11) is 0. The zero-order valence-electron chi connectivity index (χ0n) is 15.3. The van der Waals surface area contributed by atoms with Crippen molar-refractivity contribution >= 4 is 33.4 Å². The molecule has 0 radical (unpaired) electrons. The number of aromatic nitrogens is 6. The molecule has 0 unspecified atom stereocenters. The summed E-state index contributed by atoms with van der Waals surface area (Å²) in [6.45, 7) is 0.636. The largest absolute Gasteiger partial charge is 0.586 e. The molecule has 2 N–H and O–H groups in total. The van der Waals surface area contributed by atoms with Crippen molar-refractivity contribution in [1.82, 2.24) is 29.1 Å². The molecule has 4 aromatic heterocycles. The molecule has 6 rings (SSSR count). The normalized spacial score (nSPS) is 14.9. The van der Waals surface area contributed by atoms with Crippen LogP contribution in [0.1, 0.15) is 5.82 Å². The molecule has 150 valence electrons. The number of ether oxygens (including phenoxy) is 2. The molecule has 5 heterocycles. The zero-order valence-corrected chi connectivity index (χ0v) is 15.3. The molecular weight excluding hydrogens is 396 g/mol. The average molecular weight is 409 g/mol. The van der Waals surface area contributed by atoms with Gasteiger partial charge in [0, 0.05) is 42.3 Å². The van der Waals surface area contributed by atoms with Gasteiger partial charge in [-0.2, -0.15) is 4.52 Å². The molecule has 1 aliphatic rings. The molecular formula is C19H13F2N7O2. The highest BCUT2D eigenvalue weighted by molar-refractivity contribution is 5.97. The molecule has 11 heteroatoms. The molecule has 1 aromatic carbocycles. The van der Waals surface area contributed by atoms with E-state index in [2.05, 4.69) is 29.5 Å². The lowest BCUT2D eigenvalue weighted by atomic mass is 10.2. The molecule has 0 bridgehead atoms. The monoisotopic (exact) mass is 409 g/mol. The Labute approximate surface area is 166 Å². The number of aryl methyl sites for hydroxylation is 2. The molecule has 1 aliphatic heterocycles. The van der Waals surface area contributed by atoms with Crippen LogP contribution in [0.2, 0.25) is 0 Å². The molecule has 30 heavy (non-hydrogen) atoms. The zero-order chi connectivity index (χ0) is 20.5. The van der Waals surface area contributed by atoms with Gasteiger partial charge in [0.1, 0.15) is 5.52 Å². The van der Waals surface area contributed by atoms with Gasteiger partial charge in [0.25, 0.3) is 0 Å². The van der Waals surface area contributed by atoms with Gasteiger partial charge in [-0.05, 0) is 24.3 Å². The molecule has 0 saturated carbocycles. The maximum absolute atomic E-state index is 13.5. The van der Waals surface area contributed by atoms with Crippen molar-refractivity contribution in [2.24, 2.45) is 0 Å². The van der Waals surface area contributed by atoms with E-state index in [0.717, 1.165) is 10.9 Å². The Morgan fingerprint density at radius 2 is 2.00 bits per heavy atom. The van der Waals surface area contributed by atoms with Crippen LogP contribution in [0, 0.1) is 0 Å². The van der Waals surface area contributed by atoms with E-state index in [9.17, 15) is 8.78 Å². The standard InChI is InChI=1S/C19H13F2N7O2/c20-19(21)29-13-4-3-11-15(16(13)30-19)25-18(22)28-17(11)24-14(26-28)5-7-27-8-10-2-1-6-23-12(10)9-27/h1-4,6,8-9H,5,7H2,(H2,22,25). The summed E-state index contributed by atoms with van der Waals surface area (Å²) in [5, 5.41) is 5.96. The highest BCUT2D eigenvalue weighted by Crippen LogP contribution is 2.45. The van der Waals surface area contributed by atoms with Crippen LogP contribution in [0.3, 0.4) is 0 Å². The first-order valence-corrected chi connectivity index (χ1v) is 9.11. The Balaban J connectivity index is 1.38. The number of pyridine rings is 1. The van der Waals surface area contributed by atoms with Crippen molar-refractivity contribution in [2.45, 2.75) is 19.3 Å². The van der Waals surface area contributed by atoms with Crippen molar-refractivity contribution in [1.29, 1.82) is 0 Å². The van der Waals surface area contributed by atoms with E-state index in [1.54, 1.807) is 12.3 Å². The maximum atomic E-state index is 13.5. The second kappa shape index (κ2) is 5.75. The number of nitrogen functional groups attached to an aromatic ring is 1. The van der Waals surface area contributed by atoms with Crippen LogP contribution in [-0.4, -0.2) is 35.4 Å². The SMILES string of the molecule is Nc1nc2c3c(ccc2c2nc(CCn4cc5cccnc5c4)nn12)OC(F)(F)O3. The minimum Gasteiger partial charge on any atom is -0.395 e. The van der Waals surface area contributed by atoms with E-state index in [0.29, 0.717) is 29.8 Å². The first-order valence-electron chi connectivity index (χ1n) is 9.11. The van der Waals surface area contributed by atoms with Crippen molar-refractivity contribution < 1.29 is 18.3 Å². The fourth-order valence-electron chi connectivity index (χ4n) is 3.63. The summed E-state index contributed by atoms with van der Waals surface area (Å²) in [5.41, 5.74) is 7.48. The Kier molecular flexibility index (Phi) is 3.24. The fourth-order valence-corrected chi connectivity index (χ4v) is 3.63. The molecule has 9 nitrogen and oxygen atoms in total. The van der Waals surface area contributed by atoms with Crippen molar-refractivity contribution in [3.63, 3.8) is 0 Å². The molecule has 0 atom stereocenters. The minimum atomic E-state index is -3.74. The molecule has 0 amide bonds. The van der Waals surface area contributed by atoms with Gasteiger partial charge >= 0.3 is 6.29 Å². The Bertz CT molecular complexity index is 1430. The van der Waals surface area contributed by atoms with Crippen molar-refractivity contribution in [3.05, 3.63) is 48.7 Å².